The van der Waals surface area contributed by atoms with Crippen molar-refractivity contribution in [3.05, 3.63) is 47.0 Å². The van der Waals surface area contributed by atoms with Gasteiger partial charge in [-0.1, -0.05) is 18.2 Å². The quantitative estimate of drug-likeness (QED) is 0.826. The van der Waals surface area contributed by atoms with Crippen molar-refractivity contribution in [2.45, 2.75) is 27.3 Å². The number of nitrogens with one attached hydrogen (secondary N) is 2. The van der Waals surface area contributed by atoms with E-state index in [4.69, 9.17) is 0 Å². The van der Waals surface area contributed by atoms with Gasteiger partial charge in [-0.25, -0.2) is 4.98 Å². The van der Waals surface area contributed by atoms with Gasteiger partial charge in [0.2, 0.25) is 0 Å². The highest BCUT2D eigenvalue weighted by atomic mass is 14.9. The third kappa shape index (κ3) is 2.08. The molecule has 84 valence electrons. The Kier molecular flexibility index (Phi) is 2.95. The lowest BCUT2D eigenvalue weighted by Crippen LogP contribution is -2.04. The maximum atomic E-state index is 4.27. The van der Waals surface area contributed by atoms with E-state index in [-0.39, 0.29) is 0 Å². The van der Waals surface area contributed by atoms with E-state index in [1.165, 1.54) is 16.8 Å². The normalized spacial score (nSPS) is 10.4. The van der Waals surface area contributed by atoms with E-state index in [2.05, 4.69) is 47.3 Å². The number of benzene rings is 1. The highest BCUT2D eigenvalue weighted by Crippen LogP contribution is 2.20. The molecule has 0 bridgehead atoms. The maximum Gasteiger partial charge on any atom is 0.0925 e. The van der Waals surface area contributed by atoms with Gasteiger partial charge in [0, 0.05) is 11.4 Å². The first-order valence-electron chi connectivity index (χ1n) is 5.47. The number of imidazole rings is 1. The van der Waals surface area contributed by atoms with Crippen LogP contribution < -0.4 is 5.32 Å². The smallest absolute Gasteiger partial charge is 0.0925 e. The second kappa shape index (κ2) is 4.39. The summed E-state index contributed by atoms with van der Waals surface area (Å²) >= 11 is 0. The molecular formula is C13H17N3. The van der Waals surface area contributed by atoms with Gasteiger partial charge in [-0.05, 0) is 31.9 Å². The molecule has 0 aliphatic heterocycles. The van der Waals surface area contributed by atoms with Crippen LogP contribution in [-0.4, -0.2) is 9.97 Å². The van der Waals surface area contributed by atoms with Gasteiger partial charge in [-0.15, -0.1) is 0 Å². The lowest BCUT2D eigenvalue weighted by atomic mass is 10.1. The predicted molar refractivity (Wildman–Crippen MR) is 66.6 cm³/mol. The molecule has 0 unspecified atom stereocenters. The van der Waals surface area contributed by atoms with E-state index < -0.39 is 0 Å². The summed E-state index contributed by atoms with van der Waals surface area (Å²) in [6.45, 7) is 7.04. The Balaban J connectivity index is 2.14. The number of aromatic amines is 1. The number of aryl methyl sites for hydroxylation is 3. The summed E-state index contributed by atoms with van der Waals surface area (Å²) < 4.78 is 0. The van der Waals surface area contributed by atoms with Gasteiger partial charge in [-0.3, -0.25) is 0 Å². The number of H-pyrrole nitrogens is 1. The predicted octanol–water partition coefficient (Wildman–Crippen LogP) is 2.95. The number of rotatable bonds is 3. The molecule has 2 N–H and O–H groups in total. The zero-order chi connectivity index (χ0) is 11.5. The third-order valence-corrected chi connectivity index (χ3v) is 2.85. The molecule has 0 radical (unpaired) electrons. The van der Waals surface area contributed by atoms with Crippen LogP contribution in [0.1, 0.15) is 22.5 Å². The van der Waals surface area contributed by atoms with Gasteiger partial charge in [0.25, 0.3) is 0 Å². The summed E-state index contributed by atoms with van der Waals surface area (Å²) in [7, 11) is 0. The highest BCUT2D eigenvalue weighted by molar-refractivity contribution is 5.56. The van der Waals surface area contributed by atoms with Crippen LogP contribution in [0.15, 0.2) is 24.5 Å². The van der Waals surface area contributed by atoms with E-state index in [1.807, 2.05) is 6.92 Å². The first kappa shape index (κ1) is 10.7. The number of aromatic nitrogens is 2. The number of para-hydroxylation sites is 1. The molecule has 0 saturated carbocycles. The van der Waals surface area contributed by atoms with E-state index in [9.17, 15) is 0 Å². The molecule has 0 saturated heterocycles. The zero-order valence-corrected chi connectivity index (χ0v) is 9.96. The minimum Gasteiger partial charge on any atom is -0.379 e. The van der Waals surface area contributed by atoms with Crippen molar-refractivity contribution in [3.63, 3.8) is 0 Å². The van der Waals surface area contributed by atoms with Crippen LogP contribution in [0.25, 0.3) is 0 Å². The van der Waals surface area contributed by atoms with Crippen LogP contribution in [-0.2, 0) is 6.54 Å². The van der Waals surface area contributed by atoms with Crippen molar-refractivity contribution in [2.24, 2.45) is 0 Å². The van der Waals surface area contributed by atoms with Crippen molar-refractivity contribution < 1.29 is 0 Å². The van der Waals surface area contributed by atoms with Crippen LogP contribution >= 0.6 is 0 Å². The highest BCUT2D eigenvalue weighted by Gasteiger charge is 2.04. The maximum absolute atomic E-state index is 4.27. The van der Waals surface area contributed by atoms with Crippen molar-refractivity contribution in [3.8, 4) is 0 Å². The van der Waals surface area contributed by atoms with Gasteiger partial charge < -0.3 is 10.3 Å². The van der Waals surface area contributed by atoms with Crippen LogP contribution in [0.5, 0.6) is 0 Å². The van der Waals surface area contributed by atoms with E-state index in [0.717, 1.165) is 17.9 Å². The van der Waals surface area contributed by atoms with Crippen molar-refractivity contribution in [1.82, 2.24) is 9.97 Å². The molecule has 3 heteroatoms. The van der Waals surface area contributed by atoms with Gasteiger partial charge in [-0.2, -0.15) is 0 Å². The summed E-state index contributed by atoms with van der Waals surface area (Å²) in [5, 5.41) is 3.44. The Morgan fingerprint density at radius 3 is 2.44 bits per heavy atom. The number of hydrogen-bond donors (Lipinski definition) is 2. The van der Waals surface area contributed by atoms with Crippen molar-refractivity contribution in [1.29, 1.82) is 0 Å². The number of hydrogen-bond acceptors (Lipinski definition) is 2. The van der Waals surface area contributed by atoms with Gasteiger partial charge >= 0.3 is 0 Å². The van der Waals surface area contributed by atoms with E-state index >= 15 is 0 Å². The fraction of sp³-hybridized carbons (Fsp3) is 0.308. The van der Waals surface area contributed by atoms with Gasteiger partial charge in [0.1, 0.15) is 0 Å². The summed E-state index contributed by atoms with van der Waals surface area (Å²) in [4.78, 5) is 7.36. The average molecular weight is 215 g/mol. The summed E-state index contributed by atoms with van der Waals surface area (Å²) in [6, 6.07) is 6.31. The minimum atomic E-state index is 0.765. The molecule has 3 nitrogen and oxygen atoms in total. The SMILES string of the molecule is Cc1cccc(C)c1NCc1nc[nH]c1C. The number of anilines is 1. The van der Waals surface area contributed by atoms with Gasteiger partial charge in [0.15, 0.2) is 0 Å². The van der Waals surface area contributed by atoms with Crippen LogP contribution in [0.3, 0.4) is 0 Å². The molecule has 0 spiro atoms. The minimum absolute atomic E-state index is 0.765. The molecule has 0 aliphatic carbocycles. The standard InChI is InChI=1S/C13H17N3/c1-9-5-4-6-10(2)13(9)14-7-12-11(3)15-8-16-12/h4-6,8,14H,7H2,1-3H3,(H,15,16). The molecule has 1 heterocycles. The first-order chi connectivity index (χ1) is 7.68. The zero-order valence-electron chi connectivity index (χ0n) is 9.96. The van der Waals surface area contributed by atoms with Crippen LogP contribution in [0.2, 0.25) is 0 Å². The Labute approximate surface area is 95.9 Å². The number of nitrogens with zero attached hydrogens (tertiary/aromatic N) is 1. The second-order valence-corrected chi connectivity index (χ2v) is 4.09. The summed E-state index contributed by atoms with van der Waals surface area (Å²) in [5.74, 6) is 0. The van der Waals surface area contributed by atoms with E-state index in [0.29, 0.717) is 0 Å². The molecule has 0 amide bonds. The molecule has 2 aromatic rings. The van der Waals surface area contributed by atoms with Crippen LogP contribution in [0.4, 0.5) is 5.69 Å². The largest absolute Gasteiger partial charge is 0.379 e. The molecule has 16 heavy (non-hydrogen) atoms. The molecule has 2 rings (SSSR count). The lowest BCUT2D eigenvalue weighted by Gasteiger charge is -2.11. The van der Waals surface area contributed by atoms with Crippen molar-refractivity contribution in [2.75, 3.05) is 5.32 Å². The molecule has 0 fully saturated rings. The lowest BCUT2D eigenvalue weighted by molar-refractivity contribution is 1.04. The third-order valence-electron chi connectivity index (χ3n) is 2.85. The molecular weight excluding hydrogens is 198 g/mol. The molecule has 0 aliphatic rings. The Morgan fingerprint density at radius 2 is 1.88 bits per heavy atom. The van der Waals surface area contributed by atoms with Crippen molar-refractivity contribution >= 4 is 5.69 Å². The summed E-state index contributed by atoms with van der Waals surface area (Å²) in [5.41, 5.74) is 5.95. The molecule has 1 aromatic heterocycles. The monoisotopic (exact) mass is 215 g/mol. The Bertz CT molecular complexity index is 465. The first-order valence-corrected chi connectivity index (χ1v) is 5.47. The van der Waals surface area contributed by atoms with Crippen LogP contribution in [0, 0.1) is 20.8 Å². The molecule has 0 atom stereocenters. The average Bonchev–Trinajstić information content (AvgIpc) is 2.64. The fourth-order valence-electron chi connectivity index (χ4n) is 1.83. The Morgan fingerprint density at radius 1 is 1.19 bits per heavy atom. The topological polar surface area (TPSA) is 40.7 Å². The fourth-order valence-corrected chi connectivity index (χ4v) is 1.83. The van der Waals surface area contributed by atoms with Gasteiger partial charge in [0.05, 0.1) is 18.6 Å². The second-order valence-electron chi connectivity index (χ2n) is 4.09. The summed E-state index contributed by atoms with van der Waals surface area (Å²) in [6.07, 6.45) is 1.73. The van der Waals surface area contributed by atoms with E-state index in [1.54, 1.807) is 6.33 Å². The Hall–Kier alpha value is -1.77. The molecule has 1 aromatic carbocycles.